The normalized spacial score (nSPS) is 32.5. The molecule has 14 atom stereocenters. The van der Waals surface area contributed by atoms with Gasteiger partial charge < -0.3 is 30.6 Å². The van der Waals surface area contributed by atoms with Crippen LogP contribution in [0.15, 0.2) is 48.5 Å². The summed E-state index contributed by atoms with van der Waals surface area (Å²) in [4.78, 5) is 72.5. The first-order valence-corrected chi connectivity index (χ1v) is 29.3. The van der Waals surface area contributed by atoms with Gasteiger partial charge in [0.05, 0.1) is 42.6 Å². The molecule has 406 valence electrons. The summed E-state index contributed by atoms with van der Waals surface area (Å²) in [6.45, 7) is 5.26. The van der Waals surface area contributed by atoms with Crippen molar-refractivity contribution in [1.29, 1.82) is 0 Å². The minimum atomic E-state index is -1.08. The molecule has 8 saturated carbocycles. The van der Waals surface area contributed by atoms with E-state index < -0.39 is 35.0 Å². The third-order valence-corrected chi connectivity index (χ3v) is 19.0. The second kappa shape index (κ2) is 26.4. The summed E-state index contributed by atoms with van der Waals surface area (Å²) in [7, 11) is 0. The molecule has 0 radical (unpaired) electrons. The van der Waals surface area contributed by atoms with Gasteiger partial charge >= 0.3 is 35.0 Å². The summed E-state index contributed by atoms with van der Waals surface area (Å²) < 4.78 is 14.2. The van der Waals surface area contributed by atoms with E-state index in [9.17, 15) is 28.8 Å². The summed E-state index contributed by atoms with van der Waals surface area (Å²) in [5, 5.41) is 5.35. The molecular weight excluding hydrogens is 956 g/mol. The number of anilines is 4. The van der Waals surface area contributed by atoms with Gasteiger partial charge in [0.15, 0.2) is 0 Å². The van der Waals surface area contributed by atoms with Gasteiger partial charge in [-0.3, -0.25) is 19.3 Å². The van der Waals surface area contributed by atoms with Crippen molar-refractivity contribution < 1.29 is 43.0 Å². The number of nitrogen functional groups attached to an aromatic ring is 1. The van der Waals surface area contributed by atoms with Gasteiger partial charge in [0, 0.05) is 12.1 Å². The first kappa shape index (κ1) is 55.6. The van der Waals surface area contributed by atoms with Gasteiger partial charge in [-0.2, -0.15) is 0 Å². The number of hydrogen-bond acceptors (Lipinski definition) is 11. The fraction of sp³-hybridized carbons (Fsp3) is 0.700. The quantitative estimate of drug-likeness (QED) is 0.0640. The molecule has 6 unspecified atom stereocenters. The number of fused-ring (bicyclic) bond motifs is 8. The van der Waals surface area contributed by atoms with Crippen LogP contribution in [0.3, 0.4) is 0 Å². The zero-order valence-electron chi connectivity index (χ0n) is 44.5. The van der Waals surface area contributed by atoms with E-state index in [0.717, 1.165) is 90.3 Å². The number of amides is 2. The van der Waals surface area contributed by atoms with Crippen LogP contribution in [-0.2, 0) is 43.0 Å². The molecule has 0 heterocycles. The van der Waals surface area contributed by atoms with Crippen molar-refractivity contribution in [3.8, 4) is 0 Å². The van der Waals surface area contributed by atoms with E-state index >= 15 is 0 Å². The van der Waals surface area contributed by atoms with Crippen molar-refractivity contribution in [1.82, 2.24) is 0 Å². The molecule has 8 fully saturated rings. The molecular formula is C60H85ClN4O9. The van der Waals surface area contributed by atoms with Crippen molar-refractivity contribution in [2.75, 3.05) is 41.1 Å². The predicted molar refractivity (Wildman–Crippen MR) is 289 cm³/mol. The molecule has 0 aliphatic heterocycles. The SMILES string of the molecule is CCOC(=O)C(=O)Cl.CCOC(=O)C(=O)Nc1ccccc1N(C(=O)C(=O)OCC)C1C[C@H]2CCC[C@@H](C1)C2C1C[C@H]2CCC[C@@H](C1)C2.Nc1ccccc1NC1C[C@H]2CCC[C@@H](C1)C2C1C[C@H]2CCC[C@@H](C1)C2. The van der Waals surface area contributed by atoms with Crippen LogP contribution < -0.4 is 21.3 Å². The van der Waals surface area contributed by atoms with E-state index in [-0.39, 0.29) is 25.9 Å². The van der Waals surface area contributed by atoms with E-state index in [0.29, 0.717) is 35.2 Å². The number of para-hydroxylation sites is 4. The summed E-state index contributed by atoms with van der Waals surface area (Å²) in [5.41, 5.74) is 8.95. The Labute approximate surface area is 445 Å². The molecule has 0 aromatic heterocycles. The highest BCUT2D eigenvalue weighted by molar-refractivity contribution is 6.80. The van der Waals surface area contributed by atoms with E-state index in [2.05, 4.69) is 27.5 Å². The van der Waals surface area contributed by atoms with Crippen LogP contribution in [-0.4, -0.2) is 66.9 Å². The number of rotatable bonds is 11. The van der Waals surface area contributed by atoms with E-state index in [1.807, 2.05) is 12.1 Å². The number of carbonyl (C=O) groups excluding carboxylic acids is 6. The van der Waals surface area contributed by atoms with Crippen LogP contribution in [0.2, 0.25) is 0 Å². The average molecular weight is 1040 g/mol. The number of nitrogens with two attached hydrogens (primary N) is 1. The first-order valence-electron chi connectivity index (χ1n) is 28.9. The number of benzene rings is 2. The number of nitrogens with zero attached hydrogens (tertiary/aromatic N) is 1. The van der Waals surface area contributed by atoms with Crippen molar-refractivity contribution in [2.24, 2.45) is 71.0 Å². The number of nitrogens with one attached hydrogen (secondary N) is 2. The molecule has 0 saturated heterocycles. The van der Waals surface area contributed by atoms with E-state index in [1.54, 1.807) is 69.2 Å². The maximum absolute atomic E-state index is 13.7. The number of esters is 3. The average Bonchev–Trinajstić information content (AvgIpc) is 3.37. The lowest BCUT2D eigenvalue weighted by Crippen LogP contribution is -2.53. The van der Waals surface area contributed by atoms with Gasteiger partial charge in [-0.05, 0) is 192 Å². The standard InChI is InChI=1S/C32H44N2O6.C24H36N2.C4H5ClO3/c1-3-39-31(37)29(35)33-26-13-5-6-14-27(26)34(30(36)32(38)40-4-2)25-18-22-11-8-12-23(19-25)28(22)24-16-20-9-7-10-21(15-20)17-24;25-22-9-1-2-10-23(22)26-21-14-18-7-4-8-19(15-21)24(18)20-12-16-5-3-6-17(11-16)13-20;1-2-8-4(7)3(5)6/h5-6,13-14,20-25,28H,3-4,7-12,15-19H2,1-2H3,(H,33,35);1-2,9-10,16-21,24,26H,3-8,11-15,25H2;2H2,1H3/t20-,21+,22-,23+,24?,25?,28?;16-,17+,18-,19+,20?,21?,24?;. The molecule has 2 aromatic rings. The Kier molecular flexibility index (Phi) is 19.8. The van der Waals surface area contributed by atoms with Crippen LogP contribution in [0.5, 0.6) is 0 Å². The van der Waals surface area contributed by atoms with Crippen molar-refractivity contribution >= 4 is 69.3 Å². The second-order valence-corrected chi connectivity index (χ2v) is 23.8. The number of hydrogen-bond donors (Lipinski definition) is 3. The Bertz CT molecular complexity index is 2210. The highest BCUT2D eigenvalue weighted by Crippen LogP contribution is 2.57. The largest absolute Gasteiger partial charge is 0.459 e. The van der Waals surface area contributed by atoms with Crippen LogP contribution in [0, 0.1) is 71.0 Å². The Morgan fingerprint density at radius 2 is 0.959 bits per heavy atom. The minimum Gasteiger partial charge on any atom is -0.459 e. The zero-order valence-corrected chi connectivity index (χ0v) is 45.2. The Morgan fingerprint density at radius 3 is 1.43 bits per heavy atom. The van der Waals surface area contributed by atoms with Gasteiger partial charge in [0.1, 0.15) is 0 Å². The number of ether oxygens (including phenoxy) is 3. The number of carbonyl (C=O) groups is 6. The summed E-state index contributed by atoms with van der Waals surface area (Å²) in [5.74, 6) is 5.90. The van der Waals surface area contributed by atoms with Gasteiger partial charge in [-0.15, -0.1) is 0 Å². The summed E-state index contributed by atoms with van der Waals surface area (Å²) >= 11 is 4.69. The number of halogens is 1. The monoisotopic (exact) mass is 1040 g/mol. The van der Waals surface area contributed by atoms with Crippen LogP contribution in [0.4, 0.5) is 22.7 Å². The molecule has 14 heteroatoms. The zero-order chi connectivity index (χ0) is 52.3. The maximum atomic E-state index is 13.7. The van der Waals surface area contributed by atoms with Crippen LogP contribution in [0.25, 0.3) is 0 Å². The van der Waals surface area contributed by atoms with Gasteiger partial charge in [0.25, 0.3) is 0 Å². The molecule has 8 bridgehead atoms. The lowest BCUT2D eigenvalue weighted by molar-refractivity contribution is -0.153. The van der Waals surface area contributed by atoms with Gasteiger partial charge in [0.2, 0.25) is 0 Å². The maximum Gasteiger partial charge on any atom is 0.397 e. The Balaban J connectivity index is 0.000000182. The highest BCUT2D eigenvalue weighted by Gasteiger charge is 2.50. The van der Waals surface area contributed by atoms with Crippen LogP contribution >= 0.6 is 11.6 Å². The van der Waals surface area contributed by atoms with E-state index in [4.69, 9.17) is 26.8 Å². The third-order valence-electron chi connectivity index (χ3n) is 18.9. The van der Waals surface area contributed by atoms with Crippen molar-refractivity contribution in [3.05, 3.63) is 48.5 Å². The van der Waals surface area contributed by atoms with Gasteiger partial charge in [-0.1, -0.05) is 101 Å². The fourth-order valence-corrected chi connectivity index (χ4v) is 16.6. The molecule has 0 spiro atoms. The summed E-state index contributed by atoms with van der Waals surface area (Å²) in [6.07, 6.45) is 30.0. The predicted octanol–water partition coefficient (Wildman–Crippen LogP) is 11.9. The molecule has 10 rings (SSSR count). The van der Waals surface area contributed by atoms with Crippen molar-refractivity contribution in [2.45, 2.75) is 174 Å². The Hall–Kier alpha value is -4.65. The van der Waals surface area contributed by atoms with Gasteiger partial charge in [-0.25, -0.2) is 14.4 Å². The smallest absolute Gasteiger partial charge is 0.397 e. The van der Waals surface area contributed by atoms with Crippen LogP contribution in [0.1, 0.15) is 162 Å². The molecule has 13 nitrogen and oxygen atoms in total. The molecule has 4 N–H and O–H groups in total. The molecule has 2 amide bonds. The fourth-order valence-electron chi connectivity index (χ4n) is 16.6. The van der Waals surface area contributed by atoms with Crippen molar-refractivity contribution in [3.63, 3.8) is 0 Å². The lowest BCUT2D eigenvalue weighted by Gasteiger charge is -2.53. The lowest BCUT2D eigenvalue weighted by atomic mass is 9.54. The topological polar surface area (TPSA) is 183 Å². The molecule has 8 aliphatic rings. The van der Waals surface area contributed by atoms with E-state index in [1.165, 1.54) is 96.3 Å². The Morgan fingerprint density at radius 1 is 0.527 bits per heavy atom. The first-order chi connectivity index (χ1) is 35.8. The third kappa shape index (κ3) is 13.8. The molecule has 74 heavy (non-hydrogen) atoms. The molecule has 8 aliphatic carbocycles. The summed E-state index contributed by atoms with van der Waals surface area (Å²) in [6, 6.07) is 15.6. The minimum absolute atomic E-state index is 0.0792. The molecule has 2 aromatic carbocycles. The second-order valence-electron chi connectivity index (χ2n) is 23.4. The highest BCUT2D eigenvalue weighted by atomic mass is 35.5.